The first-order chi connectivity index (χ1) is 9.66. The summed E-state index contributed by atoms with van der Waals surface area (Å²) in [7, 11) is 2.06. The predicted octanol–water partition coefficient (Wildman–Crippen LogP) is 4.06. The second-order valence-corrected chi connectivity index (χ2v) is 5.31. The van der Waals surface area contributed by atoms with Crippen molar-refractivity contribution in [3.8, 4) is 0 Å². The van der Waals surface area contributed by atoms with Gasteiger partial charge >= 0.3 is 0 Å². The van der Waals surface area contributed by atoms with Crippen LogP contribution in [-0.2, 0) is 6.54 Å². The first-order valence-electron chi connectivity index (χ1n) is 6.98. The van der Waals surface area contributed by atoms with Gasteiger partial charge in [-0.25, -0.2) is 0 Å². The summed E-state index contributed by atoms with van der Waals surface area (Å²) in [6, 6.07) is 19.9. The van der Waals surface area contributed by atoms with Crippen molar-refractivity contribution in [3.05, 3.63) is 71.8 Å². The molecule has 0 heterocycles. The van der Waals surface area contributed by atoms with Crippen LogP contribution in [0.4, 0.5) is 0 Å². The molecule has 1 unspecified atom stereocenters. The van der Waals surface area contributed by atoms with Crippen molar-refractivity contribution in [1.29, 1.82) is 0 Å². The first-order valence-corrected chi connectivity index (χ1v) is 6.98. The summed E-state index contributed by atoms with van der Waals surface area (Å²) in [5.74, 6) is 0.219. The normalized spacial score (nSPS) is 11.8. The lowest BCUT2D eigenvalue weighted by molar-refractivity contribution is 0.0901. The summed E-state index contributed by atoms with van der Waals surface area (Å²) in [5.41, 5.74) is 2.07. The zero-order chi connectivity index (χ0) is 14.4. The van der Waals surface area contributed by atoms with Crippen molar-refractivity contribution >= 4 is 18.2 Å². The van der Waals surface area contributed by atoms with Gasteiger partial charge in [0.25, 0.3) is 0 Å². The van der Waals surface area contributed by atoms with E-state index in [1.54, 1.807) is 0 Å². The standard InChI is InChI=1S/C18H21NO.ClH/c1-15(18(20)17-11-7-4-8-12-17)13-19(2)14-16-9-5-3-6-10-16;/h3-12,15H,13-14H2,1-2H3;1H. The molecular formula is C18H22ClNO. The van der Waals surface area contributed by atoms with Crippen LogP contribution in [0.1, 0.15) is 22.8 Å². The van der Waals surface area contributed by atoms with Crippen LogP contribution in [0.25, 0.3) is 0 Å². The summed E-state index contributed by atoms with van der Waals surface area (Å²) >= 11 is 0. The summed E-state index contributed by atoms with van der Waals surface area (Å²) in [6.07, 6.45) is 0. The van der Waals surface area contributed by atoms with Crippen molar-refractivity contribution in [3.63, 3.8) is 0 Å². The molecule has 0 aromatic heterocycles. The number of carbonyl (C=O) groups excluding carboxylic acids is 1. The number of hydrogen-bond donors (Lipinski definition) is 0. The Labute approximate surface area is 133 Å². The topological polar surface area (TPSA) is 20.3 Å². The summed E-state index contributed by atoms with van der Waals surface area (Å²) in [6.45, 7) is 3.63. The molecule has 0 spiro atoms. The molecule has 0 N–H and O–H groups in total. The van der Waals surface area contributed by atoms with Gasteiger partial charge in [-0.1, -0.05) is 67.6 Å². The zero-order valence-electron chi connectivity index (χ0n) is 12.5. The summed E-state index contributed by atoms with van der Waals surface area (Å²) in [4.78, 5) is 14.5. The van der Waals surface area contributed by atoms with Gasteiger partial charge in [-0.3, -0.25) is 4.79 Å². The molecule has 0 fully saturated rings. The monoisotopic (exact) mass is 303 g/mol. The molecule has 0 aliphatic carbocycles. The molecule has 2 rings (SSSR count). The van der Waals surface area contributed by atoms with Gasteiger partial charge in [-0.2, -0.15) is 0 Å². The van der Waals surface area contributed by atoms with Crippen molar-refractivity contribution in [2.24, 2.45) is 5.92 Å². The molecule has 1 atom stereocenters. The highest BCUT2D eigenvalue weighted by Crippen LogP contribution is 2.11. The van der Waals surface area contributed by atoms with Crippen LogP contribution in [-0.4, -0.2) is 24.3 Å². The lowest BCUT2D eigenvalue weighted by atomic mass is 9.99. The maximum Gasteiger partial charge on any atom is 0.166 e. The largest absolute Gasteiger partial charge is 0.301 e. The molecule has 2 aromatic carbocycles. The van der Waals surface area contributed by atoms with E-state index in [-0.39, 0.29) is 24.1 Å². The van der Waals surface area contributed by atoms with Crippen molar-refractivity contribution < 1.29 is 4.79 Å². The molecule has 112 valence electrons. The Morgan fingerprint density at radius 3 is 2.10 bits per heavy atom. The molecule has 0 radical (unpaired) electrons. The van der Waals surface area contributed by atoms with E-state index in [1.165, 1.54) is 5.56 Å². The molecule has 2 nitrogen and oxygen atoms in total. The first kappa shape index (κ1) is 17.4. The van der Waals surface area contributed by atoms with Crippen LogP contribution >= 0.6 is 12.4 Å². The quantitative estimate of drug-likeness (QED) is 0.750. The van der Waals surface area contributed by atoms with E-state index in [2.05, 4.69) is 24.1 Å². The lowest BCUT2D eigenvalue weighted by Gasteiger charge is -2.20. The van der Waals surface area contributed by atoms with E-state index < -0.39 is 0 Å². The molecule has 0 amide bonds. The highest BCUT2D eigenvalue weighted by atomic mass is 35.5. The van der Waals surface area contributed by atoms with E-state index in [4.69, 9.17) is 0 Å². The second-order valence-electron chi connectivity index (χ2n) is 5.31. The van der Waals surface area contributed by atoms with E-state index in [0.29, 0.717) is 0 Å². The predicted molar refractivity (Wildman–Crippen MR) is 90.0 cm³/mol. The average Bonchev–Trinajstić information content (AvgIpc) is 2.48. The molecule has 0 saturated heterocycles. The Kier molecular flexibility index (Phi) is 7.13. The number of nitrogens with zero attached hydrogens (tertiary/aromatic N) is 1. The lowest BCUT2D eigenvalue weighted by Crippen LogP contribution is -2.28. The minimum absolute atomic E-state index is 0. The van der Waals surface area contributed by atoms with Crippen molar-refractivity contribution in [2.45, 2.75) is 13.5 Å². The van der Waals surface area contributed by atoms with Crippen LogP contribution < -0.4 is 0 Å². The highest BCUT2D eigenvalue weighted by molar-refractivity contribution is 5.97. The molecule has 2 aromatic rings. The van der Waals surface area contributed by atoms with Crippen LogP contribution in [0.3, 0.4) is 0 Å². The molecule has 0 bridgehead atoms. The van der Waals surface area contributed by atoms with E-state index in [9.17, 15) is 4.79 Å². The van der Waals surface area contributed by atoms with Gasteiger partial charge in [0.2, 0.25) is 0 Å². The van der Waals surface area contributed by atoms with Crippen molar-refractivity contribution in [2.75, 3.05) is 13.6 Å². The fourth-order valence-electron chi connectivity index (χ4n) is 2.40. The molecule has 3 heteroatoms. The maximum atomic E-state index is 12.3. The Morgan fingerprint density at radius 1 is 1.00 bits per heavy atom. The molecular weight excluding hydrogens is 282 g/mol. The van der Waals surface area contributed by atoms with Crippen LogP contribution in [0, 0.1) is 5.92 Å². The smallest absolute Gasteiger partial charge is 0.166 e. The number of Topliss-reactive ketones (excluding diaryl/α,β-unsaturated/α-hetero) is 1. The van der Waals surface area contributed by atoms with Crippen molar-refractivity contribution in [1.82, 2.24) is 4.90 Å². The molecule has 0 aliphatic rings. The number of benzene rings is 2. The van der Waals surface area contributed by atoms with Crippen LogP contribution in [0.5, 0.6) is 0 Å². The minimum atomic E-state index is 0. The maximum absolute atomic E-state index is 12.3. The third-order valence-electron chi connectivity index (χ3n) is 3.39. The van der Waals surface area contributed by atoms with Gasteiger partial charge in [0.1, 0.15) is 0 Å². The summed E-state index contributed by atoms with van der Waals surface area (Å²) < 4.78 is 0. The van der Waals surface area contributed by atoms with Gasteiger partial charge in [-0.05, 0) is 12.6 Å². The Hall–Kier alpha value is -1.64. The third-order valence-corrected chi connectivity index (χ3v) is 3.39. The van der Waals surface area contributed by atoms with E-state index in [1.807, 2.05) is 55.5 Å². The highest BCUT2D eigenvalue weighted by Gasteiger charge is 2.16. The SMILES string of the molecule is CC(CN(C)Cc1ccccc1)C(=O)c1ccccc1.Cl. The zero-order valence-corrected chi connectivity index (χ0v) is 13.3. The number of carbonyl (C=O) groups is 1. The number of rotatable bonds is 6. The Bertz CT molecular complexity index is 542. The molecule has 0 saturated carbocycles. The van der Waals surface area contributed by atoms with E-state index in [0.717, 1.165) is 18.7 Å². The van der Waals surface area contributed by atoms with Gasteiger partial charge in [0, 0.05) is 24.6 Å². The van der Waals surface area contributed by atoms with Crippen LogP contribution in [0.2, 0.25) is 0 Å². The van der Waals surface area contributed by atoms with E-state index >= 15 is 0 Å². The second kappa shape index (κ2) is 8.60. The number of hydrogen-bond acceptors (Lipinski definition) is 2. The molecule has 21 heavy (non-hydrogen) atoms. The third kappa shape index (κ3) is 5.33. The van der Waals surface area contributed by atoms with Crippen LogP contribution in [0.15, 0.2) is 60.7 Å². The Morgan fingerprint density at radius 2 is 1.52 bits per heavy atom. The fraction of sp³-hybridized carbons (Fsp3) is 0.278. The van der Waals surface area contributed by atoms with Gasteiger partial charge in [0.15, 0.2) is 5.78 Å². The number of ketones is 1. The Balaban J connectivity index is 0.00000220. The van der Waals surface area contributed by atoms with Gasteiger partial charge < -0.3 is 4.90 Å². The number of halogens is 1. The van der Waals surface area contributed by atoms with Gasteiger partial charge in [0.05, 0.1) is 0 Å². The summed E-state index contributed by atoms with van der Waals surface area (Å²) in [5, 5.41) is 0. The average molecular weight is 304 g/mol. The fourth-order valence-corrected chi connectivity index (χ4v) is 2.40. The molecule has 0 aliphatic heterocycles. The van der Waals surface area contributed by atoms with Gasteiger partial charge in [-0.15, -0.1) is 12.4 Å². The minimum Gasteiger partial charge on any atom is -0.301 e.